The number of benzene rings is 1. The van der Waals surface area contributed by atoms with Crippen molar-refractivity contribution in [2.45, 2.75) is 45.6 Å². The molecule has 0 bridgehead atoms. The molecule has 2 saturated heterocycles. The van der Waals surface area contributed by atoms with Crippen LogP contribution in [-0.4, -0.2) is 48.3 Å². The third-order valence-electron chi connectivity index (χ3n) is 5.72. The quantitative estimate of drug-likeness (QED) is 0.863. The van der Waals surface area contributed by atoms with Crippen molar-refractivity contribution in [1.82, 2.24) is 10.2 Å². The van der Waals surface area contributed by atoms with Crippen molar-refractivity contribution in [2.75, 3.05) is 24.5 Å². The number of rotatable bonds is 5. The lowest BCUT2D eigenvalue weighted by Gasteiger charge is -2.33. The van der Waals surface area contributed by atoms with Gasteiger partial charge in [-0.05, 0) is 38.3 Å². The Hall–Kier alpha value is -2.37. The summed E-state index contributed by atoms with van der Waals surface area (Å²) in [6, 6.07) is 9.68. The molecule has 3 amide bonds. The van der Waals surface area contributed by atoms with Gasteiger partial charge in [-0.25, -0.2) is 0 Å². The SMILES string of the molecule is CCC(C)NC(=O)C1CCN(C(=O)C2CC(=O)N(c3ccccc3)C2)CC1. The van der Waals surface area contributed by atoms with E-state index in [1.165, 1.54) is 0 Å². The van der Waals surface area contributed by atoms with Gasteiger partial charge in [-0.2, -0.15) is 0 Å². The van der Waals surface area contributed by atoms with Crippen LogP contribution in [0.5, 0.6) is 0 Å². The molecule has 2 unspecified atom stereocenters. The molecule has 6 nitrogen and oxygen atoms in total. The molecule has 0 saturated carbocycles. The molecule has 2 fully saturated rings. The van der Waals surface area contributed by atoms with Gasteiger partial charge in [-0.15, -0.1) is 0 Å². The average molecular weight is 371 g/mol. The first kappa shape index (κ1) is 19.4. The molecule has 0 radical (unpaired) electrons. The van der Waals surface area contributed by atoms with Crippen molar-refractivity contribution in [1.29, 1.82) is 0 Å². The molecule has 1 aromatic rings. The number of amides is 3. The highest BCUT2D eigenvalue weighted by molar-refractivity contribution is 6.00. The number of anilines is 1. The van der Waals surface area contributed by atoms with E-state index in [0.29, 0.717) is 32.5 Å². The number of hydrogen-bond acceptors (Lipinski definition) is 3. The number of hydrogen-bond donors (Lipinski definition) is 1. The monoisotopic (exact) mass is 371 g/mol. The normalized spacial score (nSPS) is 22.0. The van der Waals surface area contributed by atoms with Crippen molar-refractivity contribution < 1.29 is 14.4 Å². The van der Waals surface area contributed by atoms with E-state index in [-0.39, 0.29) is 42.0 Å². The standard InChI is InChI=1S/C21H29N3O3/c1-3-15(2)22-20(26)16-9-11-23(12-10-16)21(27)17-13-19(25)24(14-17)18-7-5-4-6-8-18/h4-8,15-17H,3,9-14H2,1-2H3,(H,22,26). The van der Waals surface area contributed by atoms with Gasteiger partial charge in [0.15, 0.2) is 0 Å². The van der Waals surface area contributed by atoms with E-state index in [4.69, 9.17) is 0 Å². The first-order valence-electron chi connectivity index (χ1n) is 9.94. The number of piperidine rings is 1. The van der Waals surface area contributed by atoms with E-state index in [9.17, 15) is 14.4 Å². The van der Waals surface area contributed by atoms with Crippen LogP contribution in [0.3, 0.4) is 0 Å². The molecule has 0 spiro atoms. The molecule has 0 aromatic heterocycles. The molecule has 2 aliphatic heterocycles. The molecule has 1 N–H and O–H groups in total. The van der Waals surface area contributed by atoms with E-state index >= 15 is 0 Å². The van der Waals surface area contributed by atoms with E-state index in [0.717, 1.165) is 12.1 Å². The van der Waals surface area contributed by atoms with Crippen LogP contribution in [0.15, 0.2) is 30.3 Å². The van der Waals surface area contributed by atoms with E-state index in [1.807, 2.05) is 49.1 Å². The number of likely N-dealkylation sites (tertiary alicyclic amines) is 1. The number of carbonyl (C=O) groups excluding carboxylic acids is 3. The van der Waals surface area contributed by atoms with E-state index in [1.54, 1.807) is 4.90 Å². The van der Waals surface area contributed by atoms with Gasteiger partial charge in [-0.3, -0.25) is 14.4 Å². The molecular formula is C21H29N3O3. The zero-order chi connectivity index (χ0) is 19.4. The van der Waals surface area contributed by atoms with Gasteiger partial charge in [-0.1, -0.05) is 25.1 Å². The van der Waals surface area contributed by atoms with Crippen LogP contribution in [-0.2, 0) is 14.4 Å². The Kier molecular flexibility index (Phi) is 6.14. The number of nitrogens with zero attached hydrogens (tertiary/aromatic N) is 2. The van der Waals surface area contributed by atoms with Crippen LogP contribution < -0.4 is 10.2 Å². The minimum absolute atomic E-state index is 0.00219. The highest BCUT2D eigenvalue weighted by Gasteiger charge is 2.38. The summed E-state index contributed by atoms with van der Waals surface area (Å²) in [6.45, 7) is 5.68. The lowest BCUT2D eigenvalue weighted by atomic mass is 9.94. The van der Waals surface area contributed by atoms with Gasteiger partial charge in [0, 0.05) is 43.7 Å². The first-order valence-corrected chi connectivity index (χ1v) is 9.94. The Morgan fingerprint density at radius 2 is 1.81 bits per heavy atom. The molecule has 2 heterocycles. The van der Waals surface area contributed by atoms with Crippen LogP contribution in [0.2, 0.25) is 0 Å². The fraction of sp³-hybridized carbons (Fsp3) is 0.571. The lowest BCUT2D eigenvalue weighted by Crippen LogP contribution is -2.46. The molecule has 2 atom stereocenters. The van der Waals surface area contributed by atoms with Crippen molar-refractivity contribution in [2.24, 2.45) is 11.8 Å². The fourth-order valence-corrected chi connectivity index (χ4v) is 3.81. The predicted octanol–water partition coefficient (Wildman–Crippen LogP) is 2.19. The largest absolute Gasteiger partial charge is 0.353 e. The smallest absolute Gasteiger partial charge is 0.228 e. The van der Waals surface area contributed by atoms with Crippen LogP contribution in [0.25, 0.3) is 0 Å². The zero-order valence-corrected chi connectivity index (χ0v) is 16.2. The Morgan fingerprint density at radius 3 is 2.44 bits per heavy atom. The molecule has 6 heteroatoms. The summed E-state index contributed by atoms with van der Waals surface area (Å²) in [5.41, 5.74) is 0.846. The summed E-state index contributed by atoms with van der Waals surface area (Å²) in [5.74, 6) is -0.162. The lowest BCUT2D eigenvalue weighted by molar-refractivity contribution is -0.139. The second-order valence-electron chi connectivity index (χ2n) is 7.66. The van der Waals surface area contributed by atoms with Crippen molar-refractivity contribution in [3.63, 3.8) is 0 Å². The molecule has 3 rings (SSSR count). The summed E-state index contributed by atoms with van der Waals surface area (Å²) in [6.07, 6.45) is 2.56. The van der Waals surface area contributed by atoms with E-state index in [2.05, 4.69) is 5.32 Å². The van der Waals surface area contributed by atoms with Crippen molar-refractivity contribution >= 4 is 23.4 Å². The molecule has 146 valence electrons. The second kappa shape index (κ2) is 8.55. The number of carbonyl (C=O) groups is 3. The first-order chi connectivity index (χ1) is 13.0. The second-order valence-corrected chi connectivity index (χ2v) is 7.66. The van der Waals surface area contributed by atoms with Gasteiger partial charge in [0.05, 0.1) is 5.92 Å². The Bertz CT molecular complexity index is 683. The Morgan fingerprint density at radius 1 is 1.15 bits per heavy atom. The summed E-state index contributed by atoms with van der Waals surface area (Å²) in [7, 11) is 0. The topological polar surface area (TPSA) is 69.7 Å². The summed E-state index contributed by atoms with van der Waals surface area (Å²) in [5, 5.41) is 3.03. The Labute approximate surface area is 160 Å². The van der Waals surface area contributed by atoms with Crippen molar-refractivity contribution in [3.8, 4) is 0 Å². The van der Waals surface area contributed by atoms with Crippen LogP contribution >= 0.6 is 0 Å². The van der Waals surface area contributed by atoms with Gasteiger partial charge in [0.1, 0.15) is 0 Å². The predicted molar refractivity (Wildman–Crippen MR) is 104 cm³/mol. The van der Waals surface area contributed by atoms with Crippen LogP contribution in [0.4, 0.5) is 5.69 Å². The van der Waals surface area contributed by atoms with Gasteiger partial charge in [0.25, 0.3) is 0 Å². The summed E-state index contributed by atoms with van der Waals surface area (Å²) in [4.78, 5) is 41.0. The molecular weight excluding hydrogens is 342 g/mol. The third-order valence-corrected chi connectivity index (χ3v) is 5.72. The highest BCUT2D eigenvalue weighted by Crippen LogP contribution is 2.27. The summed E-state index contributed by atoms with van der Waals surface area (Å²) >= 11 is 0. The fourth-order valence-electron chi connectivity index (χ4n) is 3.81. The molecule has 1 aromatic carbocycles. The number of nitrogens with one attached hydrogen (secondary N) is 1. The van der Waals surface area contributed by atoms with E-state index < -0.39 is 0 Å². The van der Waals surface area contributed by atoms with Crippen molar-refractivity contribution in [3.05, 3.63) is 30.3 Å². The summed E-state index contributed by atoms with van der Waals surface area (Å²) < 4.78 is 0. The minimum Gasteiger partial charge on any atom is -0.353 e. The van der Waals surface area contributed by atoms with Crippen LogP contribution in [0.1, 0.15) is 39.5 Å². The maximum absolute atomic E-state index is 12.9. The maximum Gasteiger partial charge on any atom is 0.228 e. The van der Waals surface area contributed by atoms with Crippen LogP contribution in [0, 0.1) is 11.8 Å². The maximum atomic E-state index is 12.9. The highest BCUT2D eigenvalue weighted by atomic mass is 16.2. The Balaban J connectivity index is 1.53. The van der Waals surface area contributed by atoms with Gasteiger partial charge < -0.3 is 15.1 Å². The molecule has 2 aliphatic rings. The molecule has 27 heavy (non-hydrogen) atoms. The number of para-hydroxylation sites is 1. The molecule has 0 aliphatic carbocycles. The minimum atomic E-state index is -0.289. The van der Waals surface area contributed by atoms with Gasteiger partial charge in [0.2, 0.25) is 17.7 Å². The van der Waals surface area contributed by atoms with Gasteiger partial charge >= 0.3 is 0 Å². The zero-order valence-electron chi connectivity index (χ0n) is 16.2. The average Bonchev–Trinajstić information content (AvgIpc) is 3.09. The third kappa shape index (κ3) is 4.49.